The van der Waals surface area contributed by atoms with Gasteiger partial charge in [0.1, 0.15) is 6.10 Å². The van der Waals surface area contributed by atoms with E-state index in [1.165, 1.54) is 16.7 Å². The summed E-state index contributed by atoms with van der Waals surface area (Å²) in [4.78, 5) is 2.38. The molecule has 0 aliphatic carbocycles. The van der Waals surface area contributed by atoms with Crippen LogP contribution < -0.4 is 0 Å². The van der Waals surface area contributed by atoms with Crippen LogP contribution in [0.1, 0.15) is 35.6 Å². The molecule has 2 aromatic carbocycles. The first-order chi connectivity index (χ1) is 10.7. The van der Waals surface area contributed by atoms with Crippen molar-refractivity contribution in [3.05, 3.63) is 70.2 Å². The maximum Gasteiger partial charge on any atom is 0.109 e. The minimum Gasteiger partial charge on any atom is -0.358 e. The second-order valence-electron chi connectivity index (χ2n) is 6.43. The number of nitrogens with zero attached hydrogens (tertiary/aromatic N) is 1. The number of likely N-dealkylation sites (tertiary alicyclic amines) is 1. The summed E-state index contributed by atoms with van der Waals surface area (Å²) in [6, 6.07) is 16.8. The van der Waals surface area contributed by atoms with Gasteiger partial charge in [0.15, 0.2) is 0 Å². The van der Waals surface area contributed by atoms with Crippen LogP contribution in [-0.2, 0) is 10.3 Å². The Labute approximate surface area is 136 Å². The summed E-state index contributed by atoms with van der Waals surface area (Å²) in [5.74, 6) is 0. The number of hydrogen-bond donors (Lipinski definition) is 0. The van der Waals surface area contributed by atoms with Crippen molar-refractivity contribution in [3.63, 3.8) is 0 Å². The lowest BCUT2D eigenvalue weighted by Gasteiger charge is -2.38. The van der Waals surface area contributed by atoms with Gasteiger partial charge < -0.3 is 9.64 Å². The Morgan fingerprint density at radius 2 is 1.73 bits per heavy atom. The van der Waals surface area contributed by atoms with E-state index in [-0.39, 0.29) is 11.7 Å². The molecule has 0 bridgehead atoms. The van der Waals surface area contributed by atoms with Gasteiger partial charge in [-0.15, -0.1) is 0 Å². The lowest BCUT2D eigenvalue weighted by atomic mass is 9.83. The number of ether oxygens (including phenoxy) is 1. The van der Waals surface area contributed by atoms with E-state index in [0.29, 0.717) is 0 Å². The molecule has 0 saturated carbocycles. The zero-order chi connectivity index (χ0) is 15.2. The fraction of sp³-hybridized carbons (Fsp3) is 0.368. The molecule has 1 fully saturated rings. The molecule has 1 spiro atoms. The normalized spacial score (nSPS) is 23.6. The molecule has 4 rings (SSSR count). The van der Waals surface area contributed by atoms with Gasteiger partial charge in [0.25, 0.3) is 0 Å². The second-order valence-corrected chi connectivity index (χ2v) is 6.87. The second kappa shape index (κ2) is 5.38. The summed E-state index contributed by atoms with van der Waals surface area (Å²) in [6.45, 7) is 2.17. The molecule has 114 valence electrons. The van der Waals surface area contributed by atoms with E-state index in [0.717, 1.165) is 31.0 Å². The van der Waals surface area contributed by atoms with Gasteiger partial charge in [0.2, 0.25) is 0 Å². The van der Waals surface area contributed by atoms with Crippen molar-refractivity contribution >= 4 is 11.6 Å². The van der Waals surface area contributed by atoms with E-state index in [1.54, 1.807) is 0 Å². The highest BCUT2D eigenvalue weighted by molar-refractivity contribution is 6.30. The predicted molar refractivity (Wildman–Crippen MR) is 89.2 cm³/mol. The van der Waals surface area contributed by atoms with Crippen LogP contribution in [0.4, 0.5) is 0 Å². The van der Waals surface area contributed by atoms with E-state index in [2.05, 4.69) is 48.3 Å². The number of hydrogen-bond acceptors (Lipinski definition) is 2. The first-order valence-electron chi connectivity index (χ1n) is 7.89. The molecule has 22 heavy (non-hydrogen) atoms. The third-order valence-electron chi connectivity index (χ3n) is 5.05. The molecular formula is C19H20ClNO. The molecular weight excluding hydrogens is 294 g/mol. The van der Waals surface area contributed by atoms with Gasteiger partial charge in [-0.25, -0.2) is 0 Å². The third-order valence-corrected chi connectivity index (χ3v) is 5.30. The van der Waals surface area contributed by atoms with Crippen LogP contribution in [0.5, 0.6) is 0 Å². The predicted octanol–water partition coefficient (Wildman–Crippen LogP) is 4.38. The van der Waals surface area contributed by atoms with Gasteiger partial charge in [-0.2, -0.15) is 0 Å². The third kappa shape index (κ3) is 2.26. The smallest absolute Gasteiger partial charge is 0.109 e. The standard InChI is InChI=1S/C19H20ClNO/c1-21-12-10-19(11-13-21)17-5-3-2-4-16(17)18(22-19)14-6-8-15(20)9-7-14/h2-9,18H,10-13H2,1H3/t18-/m0/s1. The van der Waals surface area contributed by atoms with E-state index >= 15 is 0 Å². The highest BCUT2D eigenvalue weighted by atomic mass is 35.5. The van der Waals surface area contributed by atoms with Crippen molar-refractivity contribution in [1.29, 1.82) is 0 Å². The highest BCUT2D eigenvalue weighted by Crippen LogP contribution is 2.51. The van der Waals surface area contributed by atoms with Crippen LogP contribution in [0.25, 0.3) is 0 Å². The zero-order valence-electron chi connectivity index (χ0n) is 12.8. The fourth-order valence-electron chi connectivity index (χ4n) is 3.75. The van der Waals surface area contributed by atoms with Crippen LogP contribution >= 0.6 is 11.6 Å². The minimum atomic E-state index is -0.118. The molecule has 1 atom stereocenters. The molecule has 0 aromatic heterocycles. The van der Waals surface area contributed by atoms with Gasteiger partial charge in [0.05, 0.1) is 5.60 Å². The van der Waals surface area contributed by atoms with Crippen LogP contribution in [0.3, 0.4) is 0 Å². The molecule has 0 N–H and O–H groups in total. The number of piperidine rings is 1. The molecule has 2 aliphatic rings. The van der Waals surface area contributed by atoms with Crippen molar-refractivity contribution in [1.82, 2.24) is 4.90 Å². The Balaban J connectivity index is 1.75. The fourth-order valence-corrected chi connectivity index (χ4v) is 3.87. The maximum atomic E-state index is 6.66. The van der Waals surface area contributed by atoms with Crippen LogP contribution in [0.15, 0.2) is 48.5 Å². The Morgan fingerprint density at radius 3 is 2.45 bits per heavy atom. The van der Waals surface area contributed by atoms with Gasteiger partial charge in [-0.3, -0.25) is 0 Å². The van der Waals surface area contributed by atoms with Crippen LogP contribution in [0.2, 0.25) is 5.02 Å². The molecule has 2 aliphatic heterocycles. The van der Waals surface area contributed by atoms with Gasteiger partial charge in [-0.05, 0) is 48.7 Å². The maximum absolute atomic E-state index is 6.66. The Morgan fingerprint density at radius 1 is 1.05 bits per heavy atom. The molecule has 2 aromatic rings. The molecule has 2 nitrogen and oxygen atoms in total. The largest absolute Gasteiger partial charge is 0.358 e. The van der Waals surface area contributed by atoms with Gasteiger partial charge in [-0.1, -0.05) is 48.0 Å². The molecule has 2 heterocycles. The summed E-state index contributed by atoms with van der Waals surface area (Å²) in [5, 5.41) is 0.768. The number of fused-ring (bicyclic) bond motifs is 2. The van der Waals surface area contributed by atoms with Gasteiger partial charge in [0, 0.05) is 18.1 Å². The molecule has 0 unspecified atom stereocenters. The Bertz CT molecular complexity index is 674. The first kappa shape index (κ1) is 14.3. The summed E-state index contributed by atoms with van der Waals surface area (Å²) < 4.78 is 6.66. The monoisotopic (exact) mass is 313 g/mol. The Hall–Kier alpha value is -1.35. The summed E-state index contributed by atoms with van der Waals surface area (Å²) in [5.41, 5.74) is 3.76. The molecule has 1 saturated heterocycles. The van der Waals surface area contributed by atoms with Gasteiger partial charge >= 0.3 is 0 Å². The van der Waals surface area contributed by atoms with Crippen molar-refractivity contribution in [2.75, 3.05) is 20.1 Å². The van der Waals surface area contributed by atoms with E-state index in [1.807, 2.05) is 12.1 Å². The summed E-state index contributed by atoms with van der Waals surface area (Å²) in [6.07, 6.45) is 2.15. The number of halogens is 1. The Kier molecular flexibility index (Phi) is 3.48. The first-order valence-corrected chi connectivity index (χ1v) is 8.27. The van der Waals surface area contributed by atoms with Crippen molar-refractivity contribution in [3.8, 4) is 0 Å². The van der Waals surface area contributed by atoms with E-state index < -0.39 is 0 Å². The van der Waals surface area contributed by atoms with Crippen molar-refractivity contribution in [2.45, 2.75) is 24.5 Å². The summed E-state index contributed by atoms with van der Waals surface area (Å²) >= 11 is 6.03. The summed E-state index contributed by atoms with van der Waals surface area (Å²) in [7, 11) is 2.18. The number of rotatable bonds is 1. The number of benzene rings is 2. The molecule has 3 heteroatoms. The van der Waals surface area contributed by atoms with Crippen LogP contribution in [-0.4, -0.2) is 25.0 Å². The van der Waals surface area contributed by atoms with Crippen molar-refractivity contribution < 1.29 is 4.74 Å². The van der Waals surface area contributed by atoms with Crippen LogP contribution in [0, 0.1) is 0 Å². The zero-order valence-corrected chi connectivity index (χ0v) is 13.5. The highest BCUT2D eigenvalue weighted by Gasteiger charge is 2.46. The topological polar surface area (TPSA) is 12.5 Å². The van der Waals surface area contributed by atoms with E-state index in [4.69, 9.17) is 16.3 Å². The van der Waals surface area contributed by atoms with Crippen molar-refractivity contribution in [2.24, 2.45) is 0 Å². The minimum absolute atomic E-state index is 0.0249. The lowest BCUT2D eigenvalue weighted by Crippen LogP contribution is -2.40. The average Bonchev–Trinajstić information content (AvgIpc) is 2.87. The molecule has 0 amide bonds. The average molecular weight is 314 g/mol. The molecule has 0 radical (unpaired) electrons. The van der Waals surface area contributed by atoms with E-state index in [9.17, 15) is 0 Å². The quantitative estimate of drug-likeness (QED) is 0.774. The lowest BCUT2D eigenvalue weighted by molar-refractivity contribution is -0.0941. The SMILES string of the molecule is CN1CCC2(CC1)O[C@@H](c1ccc(Cl)cc1)c1ccccc12.